The minimum Gasteiger partial charge on any atom is -0.502 e. The summed E-state index contributed by atoms with van der Waals surface area (Å²) in [4.78, 5) is 22.3. The number of halogens is 1. The number of rotatable bonds is 2. The van der Waals surface area contributed by atoms with Crippen molar-refractivity contribution in [3.63, 3.8) is 0 Å². The molecule has 2 aromatic rings. The van der Waals surface area contributed by atoms with Crippen molar-refractivity contribution in [2.75, 3.05) is 5.32 Å². The summed E-state index contributed by atoms with van der Waals surface area (Å²) in [6, 6.07) is 9.57. The molecule has 110 valence electrons. The first kappa shape index (κ1) is 14.5. The molecule has 7 heteroatoms. The second-order valence-corrected chi connectivity index (χ2v) is 5.95. The van der Waals surface area contributed by atoms with Gasteiger partial charge in [0.2, 0.25) is 0 Å². The lowest BCUT2D eigenvalue weighted by Gasteiger charge is -2.01. The van der Waals surface area contributed by atoms with E-state index >= 15 is 0 Å². The highest BCUT2D eigenvalue weighted by molar-refractivity contribution is 14.1. The summed E-state index contributed by atoms with van der Waals surface area (Å²) in [5.74, 6) is -0.661. The second-order valence-electron chi connectivity index (χ2n) is 4.71. The van der Waals surface area contributed by atoms with Gasteiger partial charge in [0.15, 0.2) is 5.75 Å². The third-order valence-corrected chi connectivity index (χ3v) is 3.94. The summed E-state index contributed by atoms with van der Waals surface area (Å²) in [7, 11) is 0. The van der Waals surface area contributed by atoms with Crippen molar-refractivity contribution in [3.8, 4) is 5.75 Å². The van der Waals surface area contributed by atoms with Gasteiger partial charge in [-0.05, 0) is 58.5 Å². The number of nitrogens with one attached hydrogen (secondary N) is 1. The van der Waals surface area contributed by atoms with Gasteiger partial charge in [0.05, 0.1) is 4.92 Å². The van der Waals surface area contributed by atoms with Crippen molar-refractivity contribution in [1.82, 2.24) is 0 Å². The van der Waals surface area contributed by atoms with Gasteiger partial charge in [-0.25, -0.2) is 0 Å². The van der Waals surface area contributed by atoms with Crippen molar-refractivity contribution in [1.29, 1.82) is 0 Å². The number of fused-ring (bicyclic) bond motifs is 1. The molecule has 1 aliphatic rings. The van der Waals surface area contributed by atoms with E-state index in [9.17, 15) is 20.0 Å². The summed E-state index contributed by atoms with van der Waals surface area (Å²) in [6.45, 7) is 0. The smallest absolute Gasteiger partial charge is 0.311 e. The number of carbonyl (C=O) groups is 1. The molecule has 0 saturated heterocycles. The first-order valence-corrected chi connectivity index (χ1v) is 7.34. The van der Waals surface area contributed by atoms with Gasteiger partial charge in [0, 0.05) is 26.5 Å². The zero-order valence-corrected chi connectivity index (χ0v) is 13.2. The van der Waals surface area contributed by atoms with Crippen molar-refractivity contribution in [2.24, 2.45) is 0 Å². The van der Waals surface area contributed by atoms with Gasteiger partial charge >= 0.3 is 5.69 Å². The Bertz CT molecular complexity index is 845. The van der Waals surface area contributed by atoms with Crippen LogP contribution in [0.15, 0.2) is 36.4 Å². The molecule has 0 saturated carbocycles. The molecular weight excluding hydrogens is 399 g/mol. The zero-order chi connectivity index (χ0) is 15.9. The average Bonchev–Trinajstić information content (AvgIpc) is 2.76. The average molecular weight is 408 g/mol. The molecular formula is C15H9IN2O4. The van der Waals surface area contributed by atoms with E-state index in [0.29, 0.717) is 16.8 Å². The molecule has 0 bridgehead atoms. The fraction of sp³-hybridized carbons (Fsp3) is 0. The van der Waals surface area contributed by atoms with E-state index in [-0.39, 0.29) is 5.91 Å². The summed E-state index contributed by atoms with van der Waals surface area (Å²) < 4.78 is 0.982. The molecule has 3 rings (SSSR count). The number of nitrogens with zero attached hydrogens (tertiary/aromatic N) is 1. The molecule has 2 aromatic carbocycles. The molecule has 0 aromatic heterocycles. The fourth-order valence-corrected chi connectivity index (χ4v) is 2.74. The Hall–Kier alpha value is -2.42. The van der Waals surface area contributed by atoms with Crippen LogP contribution in [0.3, 0.4) is 0 Å². The van der Waals surface area contributed by atoms with E-state index in [4.69, 9.17) is 0 Å². The van der Waals surface area contributed by atoms with Gasteiger partial charge in [-0.2, -0.15) is 0 Å². The lowest BCUT2D eigenvalue weighted by Crippen LogP contribution is -2.03. The molecule has 6 nitrogen and oxygen atoms in total. The Morgan fingerprint density at radius 2 is 2.00 bits per heavy atom. The standard InChI is InChI=1S/C15H9IN2O4/c16-9-2-3-12-10(7-9)11(15(20)17-12)5-8-1-4-14(19)13(6-8)18(21)22/h1-7,19H,(H,17,20). The van der Waals surface area contributed by atoms with Gasteiger partial charge in [-0.3, -0.25) is 14.9 Å². The highest BCUT2D eigenvalue weighted by Gasteiger charge is 2.24. The van der Waals surface area contributed by atoms with Crippen molar-refractivity contribution in [2.45, 2.75) is 0 Å². The number of aromatic hydroxyl groups is 1. The van der Waals surface area contributed by atoms with Crippen LogP contribution in [-0.4, -0.2) is 15.9 Å². The Kier molecular flexibility index (Phi) is 3.57. The maximum atomic E-state index is 12.1. The Morgan fingerprint density at radius 3 is 2.73 bits per heavy atom. The van der Waals surface area contributed by atoms with Crippen LogP contribution in [-0.2, 0) is 4.79 Å². The van der Waals surface area contributed by atoms with Crippen LogP contribution in [0, 0.1) is 13.7 Å². The number of benzene rings is 2. The normalized spacial score (nSPS) is 14.8. The van der Waals surface area contributed by atoms with E-state index < -0.39 is 16.4 Å². The summed E-state index contributed by atoms with van der Waals surface area (Å²) in [5.41, 5.74) is 1.99. The van der Waals surface area contributed by atoms with E-state index in [1.807, 2.05) is 18.2 Å². The van der Waals surface area contributed by atoms with Gasteiger partial charge in [-0.15, -0.1) is 0 Å². The summed E-state index contributed by atoms with van der Waals surface area (Å²) >= 11 is 2.15. The lowest BCUT2D eigenvalue weighted by atomic mass is 10.0. The first-order valence-electron chi connectivity index (χ1n) is 6.26. The number of carbonyl (C=O) groups excluding carboxylic acids is 1. The maximum Gasteiger partial charge on any atom is 0.311 e. The minimum atomic E-state index is -0.664. The molecule has 0 fully saturated rings. The predicted molar refractivity (Wildman–Crippen MR) is 90.4 cm³/mol. The number of amides is 1. The molecule has 0 spiro atoms. The molecule has 22 heavy (non-hydrogen) atoms. The van der Waals surface area contributed by atoms with E-state index in [0.717, 1.165) is 9.13 Å². The monoisotopic (exact) mass is 408 g/mol. The number of nitro groups is 1. The van der Waals surface area contributed by atoms with Crippen LogP contribution in [0.5, 0.6) is 5.75 Å². The maximum absolute atomic E-state index is 12.1. The Labute approximate surface area is 138 Å². The molecule has 1 heterocycles. The quantitative estimate of drug-likeness (QED) is 0.345. The molecule has 0 aliphatic carbocycles. The van der Waals surface area contributed by atoms with E-state index in [1.165, 1.54) is 18.2 Å². The van der Waals surface area contributed by atoms with Gasteiger partial charge in [0.1, 0.15) is 0 Å². The predicted octanol–water partition coefficient (Wildman–Crippen LogP) is 3.40. The SMILES string of the molecule is O=C1Nc2ccc(I)cc2C1=Cc1ccc(O)c([N+](=O)[O-])c1. The van der Waals surface area contributed by atoms with Crippen molar-refractivity contribution < 1.29 is 14.8 Å². The van der Waals surface area contributed by atoms with E-state index in [1.54, 1.807) is 6.08 Å². The zero-order valence-electron chi connectivity index (χ0n) is 11.0. The minimum absolute atomic E-state index is 0.257. The summed E-state index contributed by atoms with van der Waals surface area (Å²) in [6.07, 6.45) is 1.57. The third kappa shape index (κ3) is 2.54. The number of hydrogen-bond donors (Lipinski definition) is 2. The lowest BCUT2D eigenvalue weighted by molar-refractivity contribution is -0.385. The van der Waals surface area contributed by atoms with Crippen LogP contribution < -0.4 is 5.32 Å². The second kappa shape index (κ2) is 5.41. The highest BCUT2D eigenvalue weighted by Crippen LogP contribution is 2.35. The van der Waals surface area contributed by atoms with Gasteiger partial charge in [-0.1, -0.05) is 6.07 Å². The topological polar surface area (TPSA) is 92.5 Å². The van der Waals surface area contributed by atoms with Crippen molar-refractivity contribution >= 4 is 51.5 Å². The fourth-order valence-electron chi connectivity index (χ4n) is 2.25. The van der Waals surface area contributed by atoms with E-state index in [2.05, 4.69) is 27.9 Å². The molecule has 1 amide bonds. The van der Waals surface area contributed by atoms with Crippen LogP contribution >= 0.6 is 22.6 Å². The summed E-state index contributed by atoms with van der Waals surface area (Å²) in [5, 5.41) is 23.1. The first-order chi connectivity index (χ1) is 10.5. The molecule has 0 radical (unpaired) electrons. The third-order valence-electron chi connectivity index (χ3n) is 3.27. The van der Waals surface area contributed by atoms with Crippen LogP contribution in [0.4, 0.5) is 11.4 Å². The van der Waals surface area contributed by atoms with Crippen LogP contribution in [0.25, 0.3) is 11.6 Å². The van der Waals surface area contributed by atoms with Crippen molar-refractivity contribution in [3.05, 3.63) is 61.2 Å². The number of anilines is 1. The highest BCUT2D eigenvalue weighted by atomic mass is 127. The Balaban J connectivity index is 2.10. The van der Waals surface area contributed by atoms with Crippen LogP contribution in [0.1, 0.15) is 11.1 Å². The number of hydrogen-bond acceptors (Lipinski definition) is 4. The Morgan fingerprint density at radius 1 is 1.23 bits per heavy atom. The number of phenolic OH excluding ortho intramolecular Hbond substituents is 1. The largest absolute Gasteiger partial charge is 0.502 e. The van der Waals surface area contributed by atoms with Crippen LogP contribution in [0.2, 0.25) is 0 Å². The number of nitro benzene ring substituents is 1. The van der Waals surface area contributed by atoms with Gasteiger partial charge < -0.3 is 10.4 Å². The van der Waals surface area contributed by atoms with Gasteiger partial charge in [0.25, 0.3) is 5.91 Å². The molecule has 1 aliphatic heterocycles. The number of phenols is 1. The molecule has 2 N–H and O–H groups in total. The molecule has 0 atom stereocenters. The molecule has 0 unspecified atom stereocenters.